The van der Waals surface area contributed by atoms with E-state index in [1.807, 2.05) is 13.8 Å². The quantitative estimate of drug-likeness (QED) is 0.779. The van der Waals surface area contributed by atoms with Crippen LogP contribution in [0, 0.1) is 5.92 Å². The Labute approximate surface area is 136 Å². The molecule has 0 heterocycles. The van der Waals surface area contributed by atoms with Crippen LogP contribution in [0.2, 0.25) is 5.02 Å². The van der Waals surface area contributed by atoms with Crippen molar-refractivity contribution in [2.45, 2.75) is 32.7 Å². The second-order valence-corrected chi connectivity index (χ2v) is 5.84. The zero-order valence-electron chi connectivity index (χ0n) is 13.2. The van der Waals surface area contributed by atoms with Gasteiger partial charge in [-0.1, -0.05) is 11.6 Å². The largest absolute Gasteiger partial charge is 0.493 e. The fourth-order valence-electron chi connectivity index (χ4n) is 2.28. The number of carbonyl (C=O) groups is 1. The molecule has 0 radical (unpaired) electrons. The Morgan fingerprint density at radius 3 is 2.82 bits per heavy atom. The maximum absolute atomic E-state index is 11.9. The predicted molar refractivity (Wildman–Crippen MR) is 88.5 cm³/mol. The number of carbonyl (C=O) groups excluding carboxylic acids is 1. The highest BCUT2D eigenvalue weighted by Crippen LogP contribution is 2.36. The SMILES string of the molecule is CCOc1c(Cl)cc(/C=C/C(=O)NC(C)C2CC2)cc1OC. The molecule has 0 aromatic heterocycles. The lowest BCUT2D eigenvalue weighted by Crippen LogP contribution is -2.32. The van der Waals surface area contributed by atoms with Gasteiger partial charge in [0.2, 0.25) is 5.91 Å². The molecule has 2 rings (SSSR count). The van der Waals surface area contributed by atoms with Crippen LogP contribution < -0.4 is 14.8 Å². The highest BCUT2D eigenvalue weighted by atomic mass is 35.5. The first-order chi connectivity index (χ1) is 10.5. The molecule has 1 unspecified atom stereocenters. The van der Waals surface area contributed by atoms with Crippen LogP contribution in [-0.2, 0) is 4.79 Å². The summed E-state index contributed by atoms with van der Waals surface area (Å²) in [5.74, 6) is 1.62. The second kappa shape index (κ2) is 7.54. The molecule has 1 amide bonds. The van der Waals surface area contributed by atoms with Crippen molar-refractivity contribution in [3.05, 3.63) is 28.8 Å². The molecule has 1 aromatic carbocycles. The van der Waals surface area contributed by atoms with Crippen LogP contribution in [0.5, 0.6) is 11.5 Å². The van der Waals surface area contributed by atoms with Gasteiger partial charge >= 0.3 is 0 Å². The van der Waals surface area contributed by atoms with Crippen molar-refractivity contribution in [2.24, 2.45) is 5.92 Å². The third kappa shape index (κ3) is 4.41. The van der Waals surface area contributed by atoms with Crippen LogP contribution >= 0.6 is 11.6 Å². The lowest BCUT2D eigenvalue weighted by atomic mass is 10.1. The van der Waals surface area contributed by atoms with E-state index in [0.717, 1.165) is 5.56 Å². The van der Waals surface area contributed by atoms with E-state index in [-0.39, 0.29) is 11.9 Å². The van der Waals surface area contributed by atoms with Gasteiger partial charge < -0.3 is 14.8 Å². The molecule has 1 atom stereocenters. The van der Waals surface area contributed by atoms with Gasteiger partial charge in [0.15, 0.2) is 11.5 Å². The smallest absolute Gasteiger partial charge is 0.244 e. The highest BCUT2D eigenvalue weighted by Gasteiger charge is 2.28. The van der Waals surface area contributed by atoms with Crippen LogP contribution in [0.3, 0.4) is 0 Å². The molecule has 0 bridgehead atoms. The van der Waals surface area contributed by atoms with Gasteiger partial charge in [-0.2, -0.15) is 0 Å². The van der Waals surface area contributed by atoms with Crippen molar-refractivity contribution < 1.29 is 14.3 Å². The Morgan fingerprint density at radius 1 is 1.50 bits per heavy atom. The van der Waals surface area contributed by atoms with Crippen LogP contribution in [0.1, 0.15) is 32.3 Å². The average Bonchev–Trinajstić information content (AvgIpc) is 3.32. The summed E-state index contributed by atoms with van der Waals surface area (Å²) < 4.78 is 10.8. The lowest BCUT2D eigenvalue weighted by molar-refractivity contribution is -0.117. The lowest BCUT2D eigenvalue weighted by Gasteiger charge is -2.12. The Morgan fingerprint density at radius 2 is 2.23 bits per heavy atom. The summed E-state index contributed by atoms with van der Waals surface area (Å²) in [5.41, 5.74) is 0.791. The number of amides is 1. The summed E-state index contributed by atoms with van der Waals surface area (Å²) in [7, 11) is 1.56. The Balaban J connectivity index is 2.06. The summed E-state index contributed by atoms with van der Waals surface area (Å²) >= 11 is 6.20. The van der Waals surface area contributed by atoms with Gasteiger partial charge in [-0.3, -0.25) is 4.79 Å². The van der Waals surface area contributed by atoms with E-state index in [1.165, 1.54) is 18.9 Å². The molecule has 1 fully saturated rings. The zero-order valence-corrected chi connectivity index (χ0v) is 13.9. The minimum absolute atomic E-state index is 0.0941. The number of ether oxygens (including phenoxy) is 2. The standard InChI is InChI=1S/C17H22ClNO3/c1-4-22-17-14(18)9-12(10-15(17)21-3)5-8-16(20)19-11(2)13-6-7-13/h5,8-11,13H,4,6-7H2,1-3H3,(H,19,20)/b8-5+. The van der Waals surface area contributed by atoms with E-state index in [9.17, 15) is 4.79 Å². The van der Waals surface area contributed by atoms with Gasteiger partial charge in [0.25, 0.3) is 0 Å². The minimum atomic E-state index is -0.0941. The van der Waals surface area contributed by atoms with E-state index in [1.54, 1.807) is 25.3 Å². The van der Waals surface area contributed by atoms with E-state index in [0.29, 0.717) is 29.0 Å². The monoisotopic (exact) mass is 323 g/mol. The molecule has 120 valence electrons. The van der Waals surface area contributed by atoms with Crippen molar-refractivity contribution in [2.75, 3.05) is 13.7 Å². The zero-order chi connectivity index (χ0) is 16.1. The molecular formula is C17H22ClNO3. The van der Waals surface area contributed by atoms with Gasteiger partial charge in [0.1, 0.15) is 0 Å². The van der Waals surface area contributed by atoms with Crippen LogP contribution in [0.25, 0.3) is 6.08 Å². The van der Waals surface area contributed by atoms with Gasteiger partial charge in [-0.05, 0) is 56.4 Å². The number of benzene rings is 1. The molecule has 1 aliphatic rings. The molecule has 1 saturated carbocycles. The third-order valence-corrected chi connectivity index (χ3v) is 3.95. The molecule has 5 heteroatoms. The van der Waals surface area contributed by atoms with Crippen LogP contribution in [0.4, 0.5) is 0 Å². The maximum Gasteiger partial charge on any atom is 0.244 e. The van der Waals surface area contributed by atoms with Crippen molar-refractivity contribution in [1.29, 1.82) is 0 Å². The normalized spacial score (nSPS) is 15.6. The van der Waals surface area contributed by atoms with Gasteiger partial charge in [-0.15, -0.1) is 0 Å². The van der Waals surface area contributed by atoms with Crippen molar-refractivity contribution in [3.8, 4) is 11.5 Å². The number of halogens is 1. The molecule has 0 spiro atoms. The second-order valence-electron chi connectivity index (χ2n) is 5.44. The van der Waals surface area contributed by atoms with Crippen LogP contribution in [-0.4, -0.2) is 25.7 Å². The maximum atomic E-state index is 11.9. The Kier molecular flexibility index (Phi) is 5.72. The number of hydrogen-bond acceptors (Lipinski definition) is 3. The molecule has 22 heavy (non-hydrogen) atoms. The predicted octanol–water partition coefficient (Wildman–Crippen LogP) is 3.68. The average molecular weight is 324 g/mol. The summed E-state index contributed by atoms with van der Waals surface area (Å²) in [4.78, 5) is 11.9. The number of methoxy groups -OCH3 is 1. The van der Waals surface area contributed by atoms with Crippen molar-refractivity contribution in [1.82, 2.24) is 5.32 Å². The van der Waals surface area contributed by atoms with Crippen LogP contribution in [0.15, 0.2) is 18.2 Å². The van der Waals surface area contributed by atoms with E-state index >= 15 is 0 Å². The molecule has 1 aliphatic carbocycles. The minimum Gasteiger partial charge on any atom is -0.493 e. The Bertz CT molecular complexity index is 567. The van der Waals surface area contributed by atoms with E-state index in [2.05, 4.69) is 5.32 Å². The molecule has 0 saturated heterocycles. The third-order valence-electron chi connectivity index (χ3n) is 3.67. The number of rotatable bonds is 7. The van der Waals surface area contributed by atoms with Crippen molar-refractivity contribution >= 4 is 23.6 Å². The molecule has 0 aliphatic heterocycles. The van der Waals surface area contributed by atoms with Gasteiger partial charge in [-0.25, -0.2) is 0 Å². The summed E-state index contributed by atoms with van der Waals surface area (Å²) in [6.07, 6.45) is 5.65. The first kappa shape index (κ1) is 16.7. The summed E-state index contributed by atoms with van der Waals surface area (Å²) in [6.45, 7) is 4.43. The van der Waals surface area contributed by atoms with Gasteiger partial charge in [0.05, 0.1) is 18.7 Å². The van der Waals surface area contributed by atoms with Crippen molar-refractivity contribution in [3.63, 3.8) is 0 Å². The number of hydrogen-bond donors (Lipinski definition) is 1. The highest BCUT2D eigenvalue weighted by molar-refractivity contribution is 6.32. The summed E-state index contributed by atoms with van der Waals surface area (Å²) in [6, 6.07) is 3.78. The van der Waals surface area contributed by atoms with E-state index < -0.39 is 0 Å². The molecule has 1 N–H and O–H groups in total. The number of nitrogens with one attached hydrogen (secondary N) is 1. The molecular weight excluding hydrogens is 302 g/mol. The van der Waals surface area contributed by atoms with E-state index in [4.69, 9.17) is 21.1 Å². The fraction of sp³-hybridized carbons (Fsp3) is 0.471. The first-order valence-corrected chi connectivity index (χ1v) is 7.91. The summed E-state index contributed by atoms with van der Waals surface area (Å²) in [5, 5.41) is 3.44. The first-order valence-electron chi connectivity index (χ1n) is 7.54. The molecule has 4 nitrogen and oxygen atoms in total. The topological polar surface area (TPSA) is 47.6 Å². The fourth-order valence-corrected chi connectivity index (χ4v) is 2.55. The molecule has 1 aromatic rings. The van der Waals surface area contributed by atoms with Gasteiger partial charge in [0, 0.05) is 12.1 Å². The Hall–Kier alpha value is -1.68.